The molecule has 0 saturated carbocycles. The third kappa shape index (κ3) is 2.70. The first-order valence-electron chi connectivity index (χ1n) is 4.93. The molecule has 1 atom stereocenters. The minimum Gasteiger partial charge on any atom is -0.292 e. The fourth-order valence-electron chi connectivity index (χ4n) is 1.45. The molecule has 2 aromatic rings. The second-order valence-corrected chi connectivity index (χ2v) is 3.54. The summed E-state index contributed by atoms with van der Waals surface area (Å²) < 4.78 is 27.4. The lowest BCUT2D eigenvalue weighted by Crippen LogP contribution is -2.18. The van der Waals surface area contributed by atoms with Crippen LogP contribution < -0.4 is 0 Å². The van der Waals surface area contributed by atoms with Crippen molar-refractivity contribution in [1.82, 2.24) is 14.8 Å². The van der Waals surface area contributed by atoms with Gasteiger partial charge in [0, 0.05) is 6.07 Å². The van der Waals surface area contributed by atoms with E-state index in [-0.39, 0.29) is 18.0 Å². The van der Waals surface area contributed by atoms with Crippen LogP contribution in [0.25, 0.3) is 0 Å². The predicted octanol–water partition coefficient (Wildman–Crippen LogP) is 2.42. The highest BCUT2D eigenvalue weighted by molar-refractivity contribution is 5.98. The highest BCUT2D eigenvalue weighted by atomic mass is 35.5. The molecule has 0 spiro atoms. The zero-order valence-corrected chi connectivity index (χ0v) is 10.2. The fourth-order valence-corrected chi connectivity index (χ4v) is 1.45. The summed E-state index contributed by atoms with van der Waals surface area (Å²) in [5.41, 5.74) is -0.158. The zero-order chi connectivity index (χ0) is 12.4. The van der Waals surface area contributed by atoms with Crippen LogP contribution in [0.3, 0.4) is 0 Å². The molecule has 0 amide bonds. The van der Waals surface area contributed by atoms with Crippen molar-refractivity contribution in [3.63, 3.8) is 0 Å². The largest absolute Gasteiger partial charge is 0.292 e. The van der Waals surface area contributed by atoms with Gasteiger partial charge in [0.2, 0.25) is 0 Å². The molecule has 0 fully saturated rings. The van der Waals surface area contributed by atoms with E-state index in [0.717, 1.165) is 12.1 Å². The van der Waals surface area contributed by atoms with Crippen LogP contribution in [-0.4, -0.2) is 20.5 Å². The third-order valence-electron chi connectivity index (χ3n) is 2.41. The summed E-state index contributed by atoms with van der Waals surface area (Å²) in [6.07, 6.45) is 2.65. The van der Waals surface area contributed by atoms with Crippen molar-refractivity contribution in [2.45, 2.75) is 13.0 Å². The van der Waals surface area contributed by atoms with Crippen LogP contribution in [-0.2, 0) is 0 Å². The smallest absolute Gasteiger partial charge is 0.190 e. The summed E-state index contributed by atoms with van der Waals surface area (Å²) in [4.78, 5) is 15.6. The molecule has 2 rings (SSSR count). The molecular formula is C11H10ClF2N3O. The van der Waals surface area contributed by atoms with Gasteiger partial charge in [-0.1, -0.05) is 0 Å². The number of rotatable bonds is 3. The van der Waals surface area contributed by atoms with Crippen LogP contribution in [0.1, 0.15) is 23.3 Å². The summed E-state index contributed by atoms with van der Waals surface area (Å²) in [7, 11) is 0. The number of carbonyl (C=O) groups is 1. The number of carbonyl (C=O) groups excluding carboxylic acids is 1. The molecule has 7 heteroatoms. The van der Waals surface area contributed by atoms with Crippen molar-refractivity contribution in [3.05, 3.63) is 48.1 Å². The van der Waals surface area contributed by atoms with E-state index in [1.165, 1.54) is 17.3 Å². The molecule has 1 aromatic heterocycles. The van der Waals surface area contributed by atoms with Gasteiger partial charge in [0.1, 0.15) is 30.3 Å². The van der Waals surface area contributed by atoms with Gasteiger partial charge in [-0.2, -0.15) is 5.10 Å². The Hall–Kier alpha value is -1.82. The molecule has 18 heavy (non-hydrogen) atoms. The Morgan fingerprint density at radius 1 is 1.39 bits per heavy atom. The Morgan fingerprint density at radius 2 is 2.11 bits per heavy atom. The Balaban J connectivity index is 0.00000162. The van der Waals surface area contributed by atoms with Gasteiger partial charge in [-0.05, 0) is 19.1 Å². The topological polar surface area (TPSA) is 47.8 Å². The van der Waals surface area contributed by atoms with E-state index in [2.05, 4.69) is 10.1 Å². The van der Waals surface area contributed by atoms with E-state index in [0.29, 0.717) is 6.07 Å². The van der Waals surface area contributed by atoms with Gasteiger partial charge < -0.3 is 0 Å². The van der Waals surface area contributed by atoms with Crippen LogP contribution >= 0.6 is 12.4 Å². The summed E-state index contributed by atoms with van der Waals surface area (Å²) in [5, 5.41) is 3.80. The quantitative estimate of drug-likeness (QED) is 0.807. The summed E-state index contributed by atoms with van der Waals surface area (Å²) in [6.45, 7) is 1.57. The zero-order valence-electron chi connectivity index (χ0n) is 9.38. The molecule has 4 nitrogen and oxygen atoms in total. The number of hydrogen-bond donors (Lipinski definition) is 0. The molecule has 0 aliphatic rings. The number of halogens is 3. The lowest BCUT2D eigenvalue weighted by Gasteiger charge is -2.10. The second-order valence-electron chi connectivity index (χ2n) is 3.54. The molecular weight excluding hydrogens is 264 g/mol. The van der Waals surface area contributed by atoms with Gasteiger partial charge >= 0.3 is 0 Å². The van der Waals surface area contributed by atoms with Crippen molar-refractivity contribution in [3.8, 4) is 0 Å². The second kappa shape index (κ2) is 5.68. The van der Waals surface area contributed by atoms with Crippen LogP contribution in [0.15, 0.2) is 30.9 Å². The lowest BCUT2D eigenvalue weighted by molar-refractivity contribution is 0.0923. The van der Waals surface area contributed by atoms with Crippen molar-refractivity contribution < 1.29 is 13.6 Å². The summed E-state index contributed by atoms with van der Waals surface area (Å²) in [6, 6.07) is 2.17. The summed E-state index contributed by atoms with van der Waals surface area (Å²) >= 11 is 0. The number of Topliss-reactive ketones (excluding diaryl/α,β-unsaturated/α-hetero) is 1. The average Bonchev–Trinajstić information content (AvgIpc) is 2.80. The first-order chi connectivity index (χ1) is 8.09. The van der Waals surface area contributed by atoms with Gasteiger partial charge in [0.25, 0.3) is 0 Å². The molecule has 0 aliphatic heterocycles. The Morgan fingerprint density at radius 3 is 2.67 bits per heavy atom. The first-order valence-corrected chi connectivity index (χ1v) is 4.93. The van der Waals surface area contributed by atoms with Crippen molar-refractivity contribution in [1.29, 1.82) is 0 Å². The molecule has 0 aliphatic carbocycles. The Bertz CT molecular complexity index is 545. The van der Waals surface area contributed by atoms with E-state index < -0.39 is 23.5 Å². The first kappa shape index (κ1) is 14.2. The molecule has 0 saturated heterocycles. The number of hydrogen-bond acceptors (Lipinski definition) is 3. The standard InChI is InChI=1S/C11H9F2N3O.ClH/c1-7(16-6-14-5-15-16)11(17)9-3-2-8(12)4-10(9)13;/h2-7H,1H3;1H. The van der Waals surface area contributed by atoms with E-state index in [1.54, 1.807) is 6.92 Å². The average molecular weight is 274 g/mol. The van der Waals surface area contributed by atoms with Gasteiger partial charge in [-0.25, -0.2) is 18.4 Å². The molecule has 1 unspecified atom stereocenters. The van der Waals surface area contributed by atoms with Gasteiger partial charge in [-0.3, -0.25) is 4.79 Å². The number of ketones is 1. The van der Waals surface area contributed by atoms with E-state index in [4.69, 9.17) is 0 Å². The van der Waals surface area contributed by atoms with Gasteiger partial charge in [-0.15, -0.1) is 12.4 Å². The maximum Gasteiger partial charge on any atom is 0.190 e. The van der Waals surface area contributed by atoms with E-state index >= 15 is 0 Å². The van der Waals surface area contributed by atoms with Crippen molar-refractivity contribution in [2.24, 2.45) is 0 Å². The molecule has 96 valence electrons. The highest BCUT2D eigenvalue weighted by Crippen LogP contribution is 2.16. The van der Waals surface area contributed by atoms with Crippen LogP contribution in [0, 0.1) is 11.6 Å². The fraction of sp³-hybridized carbons (Fsp3) is 0.182. The number of aromatic nitrogens is 3. The minimum absolute atomic E-state index is 0. The SMILES string of the molecule is CC(C(=O)c1ccc(F)cc1F)n1cncn1.Cl. The number of nitrogens with zero attached hydrogens (tertiary/aromatic N) is 3. The van der Waals surface area contributed by atoms with Crippen molar-refractivity contribution >= 4 is 18.2 Å². The van der Waals surface area contributed by atoms with E-state index in [1.807, 2.05) is 0 Å². The molecule has 0 radical (unpaired) electrons. The predicted molar refractivity (Wildman–Crippen MR) is 62.7 cm³/mol. The Kier molecular flexibility index (Phi) is 4.49. The van der Waals surface area contributed by atoms with Gasteiger partial charge in [0.15, 0.2) is 5.78 Å². The molecule has 0 N–H and O–H groups in total. The summed E-state index contributed by atoms with van der Waals surface area (Å²) in [5.74, 6) is -2.07. The highest BCUT2D eigenvalue weighted by Gasteiger charge is 2.20. The van der Waals surface area contributed by atoms with Crippen LogP contribution in [0.2, 0.25) is 0 Å². The minimum atomic E-state index is -0.873. The van der Waals surface area contributed by atoms with Crippen molar-refractivity contribution in [2.75, 3.05) is 0 Å². The van der Waals surface area contributed by atoms with E-state index in [9.17, 15) is 13.6 Å². The molecule has 1 aromatic carbocycles. The van der Waals surface area contributed by atoms with Crippen LogP contribution in [0.4, 0.5) is 8.78 Å². The third-order valence-corrected chi connectivity index (χ3v) is 2.41. The number of benzene rings is 1. The van der Waals surface area contributed by atoms with Crippen LogP contribution in [0.5, 0.6) is 0 Å². The lowest BCUT2D eigenvalue weighted by atomic mass is 10.1. The maximum absolute atomic E-state index is 13.4. The Labute approximate surface area is 108 Å². The monoisotopic (exact) mass is 273 g/mol. The molecule has 0 bridgehead atoms. The van der Waals surface area contributed by atoms with Gasteiger partial charge in [0.05, 0.1) is 5.56 Å². The normalized spacial score (nSPS) is 11.7. The molecule has 1 heterocycles. The maximum atomic E-state index is 13.4.